The quantitative estimate of drug-likeness (QED) is 0.640. The van der Waals surface area contributed by atoms with Crippen LogP contribution in [-0.4, -0.2) is 69.0 Å². The first kappa shape index (κ1) is 21.8. The zero-order valence-electron chi connectivity index (χ0n) is 17.9. The molecular weight excluding hydrogens is 414 g/mol. The van der Waals surface area contributed by atoms with Crippen molar-refractivity contribution in [3.8, 4) is 17.2 Å². The van der Waals surface area contributed by atoms with E-state index in [1.54, 1.807) is 25.3 Å². The van der Waals surface area contributed by atoms with Crippen molar-refractivity contribution in [2.24, 2.45) is 0 Å². The fourth-order valence-electron chi connectivity index (χ4n) is 3.76. The maximum atomic E-state index is 13.1. The number of urea groups is 1. The van der Waals surface area contributed by atoms with Gasteiger partial charge in [-0.3, -0.25) is 4.79 Å². The predicted octanol–water partition coefficient (Wildman–Crippen LogP) is 2.27. The standard InChI is InChI=1S/C23H27N3O6/c1-29-10-9-24-22(27)19-14-18(32-17-5-3-2-4-6-17)15-26(19)23(28)25-16-7-8-20-21(13-16)31-12-11-30-20/h2-8,13,18-19H,9-12,14-15H2,1H3,(H,24,27)(H,25,28)/t18-,19-/m0/s1. The minimum atomic E-state index is -0.655. The molecule has 1 fully saturated rings. The molecule has 3 amide bonds. The molecule has 2 atom stereocenters. The number of hydrogen-bond donors (Lipinski definition) is 2. The first-order chi connectivity index (χ1) is 15.6. The number of nitrogens with zero attached hydrogens (tertiary/aromatic N) is 1. The van der Waals surface area contributed by atoms with Crippen LogP contribution in [0.5, 0.6) is 17.2 Å². The van der Waals surface area contributed by atoms with Gasteiger partial charge in [-0.1, -0.05) is 18.2 Å². The summed E-state index contributed by atoms with van der Waals surface area (Å²) in [5.41, 5.74) is 0.560. The maximum absolute atomic E-state index is 13.1. The van der Waals surface area contributed by atoms with Crippen LogP contribution in [0.2, 0.25) is 0 Å². The summed E-state index contributed by atoms with van der Waals surface area (Å²) in [5, 5.41) is 5.68. The highest BCUT2D eigenvalue weighted by Crippen LogP contribution is 2.33. The van der Waals surface area contributed by atoms with Gasteiger partial charge in [-0.15, -0.1) is 0 Å². The SMILES string of the molecule is COCCNC(=O)[C@@H]1C[C@H](Oc2ccccc2)CN1C(=O)Nc1ccc2c(c1)OCCO2. The van der Waals surface area contributed by atoms with E-state index in [-0.39, 0.29) is 24.6 Å². The summed E-state index contributed by atoms with van der Waals surface area (Å²) in [6, 6.07) is 13.5. The number of anilines is 1. The zero-order chi connectivity index (χ0) is 22.3. The molecule has 4 rings (SSSR count). The average molecular weight is 441 g/mol. The molecule has 0 spiro atoms. The molecule has 0 aliphatic carbocycles. The van der Waals surface area contributed by atoms with E-state index in [0.29, 0.717) is 55.7 Å². The Kier molecular flexibility index (Phi) is 6.96. The van der Waals surface area contributed by atoms with Gasteiger partial charge in [0.25, 0.3) is 0 Å². The Morgan fingerprint density at radius 3 is 2.66 bits per heavy atom. The van der Waals surface area contributed by atoms with Gasteiger partial charge in [0.2, 0.25) is 5.91 Å². The molecule has 0 aromatic heterocycles. The van der Waals surface area contributed by atoms with Crippen LogP contribution < -0.4 is 24.8 Å². The van der Waals surface area contributed by atoms with E-state index in [4.69, 9.17) is 18.9 Å². The summed E-state index contributed by atoms with van der Waals surface area (Å²) >= 11 is 0. The van der Waals surface area contributed by atoms with Crippen molar-refractivity contribution in [3.05, 3.63) is 48.5 Å². The third-order valence-corrected chi connectivity index (χ3v) is 5.27. The van der Waals surface area contributed by atoms with Gasteiger partial charge < -0.3 is 34.5 Å². The van der Waals surface area contributed by atoms with Crippen molar-refractivity contribution in [1.29, 1.82) is 0 Å². The van der Waals surface area contributed by atoms with Crippen LogP contribution in [0.15, 0.2) is 48.5 Å². The molecule has 2 aromatic carbocycles. The number of para-hydroxylation sites is 1. The maximum Gasteiger partial charge on any atom is 0.322 e. The van der Waals surface area contributed by atoms with E-state index in [9.17, 15) is 9.59 Å². The highest BCUT2D eigenvalue weighted by atomic mass is 16.6. The van der Waals surface area contributed by atoms with Crippen LogP contribution in [0.1, 0.15) is 6.42 Å². The summed E-state index contributed by atoms with van der Waals surface area (Å²) in [6.07, 6.45) is 0.0871. The monoisotopic (exact) mass is 441 g/mol. The lowest BCUT2D eigenvalue weighted by molar-refractivity contribution is -0.124. The normalized spacial score (nSPS) is 19.3. The third-order valence-electron chi connectivity index (χ3n) is 5.27. The lowest BCUT2D eigenvalue weighted by atomic mass is 10.2. The molecule has 0 saturated carbocycles. The van der Waals surface area contributed by atoms with Crippen LogP contribution in [-0.2, 0) is 9.53 Å². The Hall–Kier alpha value is -3.46. The molecule has 1 saturated heterocycles. The molecule has 2 aromatic rings. The van der Waals surface area contributed by atoms with Crippen molar-refractivity contribution in [3.63, 3.8) is 0 Å². The third kappa shape index (κ3) is 5.23. The van der Waals surface area contributed by atoms with Crippen LogP contribution in [0.3, 0.4) is 0 Å². The number of methoxy groups -OCH3 is 1. The number of rotatable bonds is 7. The molecular formula is C23H27N3O6. The number of carbonyl (C=O) groups is 2. The van der Waals surface area contributed by atoms with Crippen LogP contribution in [0, 0.1) is 0 Å². The number of carbonyl (C=O) groups excluding carboxylic acids is 2. The number of ether oxygens (including phenoxy) is 4. The number of benzene rings is 2. The zero-order valence-corrected chi connectivity index (χ0v) is 17.9. The second kappa shape index (κ2) is 10.2. The largest absolute Gasteiger partial charge is 0.488 e. The molecule has 170 valence electrons. The van der Waals surface area contributed by atoms with Gasteiger partial charge >= 0.3 is 6.03 Å². The molecule has 0 bridgehead atoms. The van der Waals surface area contributed by atoms with Gasteiger partial charge in [-0.05, 0) is 24.3 Å². The second-order valence-electron chi connectivity index (χ2n) is 7.53. The van der Waals surface area contributed by atoms with Crippen LogP contribution in [0.4, 0.5) is 10.5 Å². The minimum absolute atomic E-state index is 0.237. The Balaban J connectivity index is 1.46. The van der Waals surface area contributed by atoms with E-state index in [0.717, 1.165) is 0 Å². The van der Waals surface area contributed by atoms with Crippen molar-refractivity contribution >= 4 is 17.6 Å². The summed E-state index contributed by atoms with van der Waals surface area (Å²) in [4.78, 5) is 27.4. The molecule has 9 heteroatoms. The van der Waals surface area contributed by atoms with Crippen molar-refractivity contribution in [2.45, 2.75) is 18.6 Å². The minimum Gasteiger partial charge on any atom is -0.488 e. The Bertz CT molecular complexity index is 939. The Morgan fingerprint density at radius 1 is 1.09 bits per heavy atom. The van der Waals surface area contributed by atoms with Crippen LogP contribution >= 0.6 is 0 Å². The summed E-state index contributed by atoms with van der Waals surface area (Å²) < 4.78 is 22.1. The van der Waals surface area contributed by atoms with Gasteiger partial charge in [0.05, 0.1) is 13.2 Å². The fraction of sp³-hybridized carbons (Fsp3) is 0.391. The predicted molar refractivity (Wildman–Crippen MR) is 117 cm³/mol. The highest BCUT2D eigenvalue weighted by Gasteiger charge is 2.40. The summed E-state index contributed by atoms with van der Waals surface area (Å²) in [6.45, 7) is 2.00. The summed E-state index contributed by atoms with van der Waals surface area (Å²) in [7, 11) is 1.57. The van der Waals surface area contributed by atoms with Crippen molar-refractivity contribution in [1.82, 2.24) is 10.2 Å². The van der Waals surface area contributed by atoms with Crippen molar-refractivity contribution in [2.75, 3.05) is 45.3 Å². The molecule has 9 nitrogen and oxygen atoms in total. The lowest BCUT2D eigenvalue weighted by Crippen LogP contribution is -2.48. The van der Waals surface area contributed by atoms with Crippen molar-refractivity contribution < 1.29 is 28.5 Å². The molecule has 2 aliphatic rings. The van der Waals surface area contributed by atoms with Gasteiger partial charge in [-0.25, -0.2) is 4.79 Å². The lowest BCUT2D eigenvalue weighted by Gasteiger charge is -2.24. The Labute approximate surface area is 186 Å². The molecule has 2 N–H and O–H groups in total. The highest BCUT2D eigenvalue weighted by molar-refractivity contribution is 5.94. The number of nitrogens with one attached hydrogen (secondary N) is 2. The fourth-order valence-corrected chi connectivity index (χ4v) is 3.76. The summed E-state index contributed by atoms with van der Waals surface area (Å²) in [5.74, 6) is 1.68. The number of fused-ring (bicyclic) bond motifs is 1. The molecule has 0 unspecified atom stereocenters. The van der Waals surface area contributed by atoms with Crippen LogP contribution in [0.25, 0.3) is 0 Å². The van der Waals surface area contributed by atoms with E-state index in [1.165, 1.54) is 4.90 Å². The van der Waals surface area contributed by atoms with E-state index >= 15 is 0 Å². The average Bonchev–Trinajstić information content (AvgIpc) is 3.24. The topological polar surface area (TPSA) is 98.4 Å². The van der Waals surface area contributed by atoms with Gasteiger partial charge in [-0.2, -0.15) is 0 Å². The first-order valence-corrected chi connectivity index (χ1v) is 10.6. The number of amides is 3. The molecule has 32 heavy (non-hydrogen) atoms. The van der Waals surface area contributed by atoms with Gasteiger partial charge in [0, 0.05) is 31.8 Å². The smallest absolute Gasteiger partial charge is 0.322 e. The van der Waals surface area contributed by atoms with Gasteiger partial charge in [0.15, 0.2) is 11.5 Å². The Morgan fingerprint density at radius 2 is 1.88 bits per heavy atom. The molecule has 2 heterocycles. The van der Waals surface area contributed by atoms with E-state index in [2.05, 4.69) is 10.6 Å². The van der Waals surface area contributed by atoms with Gasteiger partial charge in [0.1, 0.15) is 31.1 Å². The molecule has 0 radical (unpaired) electrons. The van der Waals surface area contributed by atoms with E-state index < -0.39 is 6.04 Å². The van der Waals surface area contributed by atoms with E-state index in [1.807, 2.05) is 30.3 Å². The first-order valence-electron chi connectivity index (χ1n) is 10.6. The molecule has 2 aliphatic heterocycles. The number of hydrogen-bond acceptors (Lipinski definition) is 6. The second-order valence-corrected chi connectivity index (χ2v) is 7.53. The number of likely N-dealkylation sites (tertiary alicyclic amines) is 1.